The number of rotatable bonds is 6. The van der Waals surface area contributed by atoms with Gasteiger partial charge in [0.05, 0.1) is 11.4 Å². The third-order valence-electron chi connectivity index (χ3n) is 4.69. The molecule has 9 heteroatoms. The van der Waals surface area contributed by atoms with Gasteiger partial charge in [-0.25, -0.2) is 18.5 Å². The molecule has 1 aliphatic rings. The van der Waals surface area contributed by atoms with E-state index < -0.39 is 10.0 Å². The summed E-state index contributed by atoms with van der Waals surface area (Å²) in [6.07, 6.45) is 0.984. The lowest BCUT2D eigenvalue weighted by Crippen LogP contribution is -2.44. The zero-order valence-electron chi connectivity index (χ0n) is 16.3. The molecule has 2 aromatic rings. The molecular weight excluding hydrogens is 410 g/mol. The van der Waals surface area contributed by atoms with E-state index in [-0.39, 0.29) is 10.9 Å². The molecule has 1 atom stereocenters. The lowest BCUT2D eigenvalue weighted by molar-refractivity contribution is 0.597. The number of hydrogen-bond acceptors (Lipinski definition) is 4. The Bertz CT molecular complexity index is 980. The maximum atomic E-state index is 11.5. The summed E-state index contributed by atoms with van der Waals surface area (Å²) in [6, 6.07) is 14.7. The molecule has 1 saturated heterocycles. The van der Waals surface area contributed by atoms with Gasteiger partial charge in [-0.2, -0.15) is 0 Å². The molecule has 1 unspecified atom stereocenters. The molecule has 0 saturated carbocycles. The van der Waals surface area contributed by atoms with E-state index in [1.165, 1.54) is 6.07 Å². The molecule has 0 aromatic heterocycles. The van der Waals surface area contributed by atoms with Crippen molar-refractivity contribution in [3.05, 3.63) is 59.1 Å². The van der Waals surface area contributed by atoms with Crippen LogP contribution in [0.2, 0.25) is 5.02 Å². The van der Waals surface area contributed by atoms with Crippen LogP contribution in [0.25, 0.3) is 0 Å². The van der Waals surface area contributed by atoms with E-state index in [1.807, 2.05) is 31.2 Å². The largest absolute Gasteiger partial charge is 0.369 e. The van der Waals surface area contributed by atoms with Crippen LogP contribution in [-0.4, -0.2) is 40.1 Å². The number of benzene rings is 2. The molecule has 1 heterocycles. The van der Waals surface area contributed by atoms with Crippen molar-refractivity contribution in [2.75, 3.05) is 24.5 Å². The molecule has 156 valence electrons. The first-order valence-corrected chi connectivity index (χ1v) is 11.4. The molecule has 29 heavy (non-hydrogen) atoms. The summed E-state index contributed by atoms with van der Waals surface area (Å²) in [5.74, 6) is 0.700. The first-order chi connectivity index (χ1) is 13.8. The maximum absolute atomic E-state index is 11.5. The Balaban J connectivity index is 1.64. The van der Waals surface area contributed by atoms with Crippen LogP contribution in [-0.2, 0) is 16.6 Å². The van der Waals surface area contributed by atoms with E-state index in [2.05, 4.69) is 26.6 Å². The summed E-state index contributed by atoms with van der Waals surface area (Å²) < 4.78 is 23.1. The Hall–Kier alpha value is -2.29. The van der Waals surface area contributed by atoms with Crippen LogP contribution < -0.4 is 20.7 Å². The average Bonchev–Trinajstić information content (AvgIpc) is 3.14. The van der Waals surface area contributed by atoms with Gasteiger partial charge in [0.2, 0.25) is 10.0 Å². The van der Waals surface area contributed by atoms with Gasteiger partial charge in [0.1, 0.15) is 0 Å². The van der Waals surface area contributed by atoms with Crippen molar-refractivity contribution in [3.8, 4) is 0 Å². The van der Waals surface area contributed by atoms with Gasteiger partial charge in [-0.05, 0) is 49.2 Å². The fourth-order valence-corrected chi connectivity index (χ4v) is 4.06. The highest BCUT2D eigenvalue weighted by Gasteiger charge is 2.23. The highest BCUT2D eigenvalue weighted by atomic mass is 35.5. The standard InChI is InChI=1S/C20H26ClN5O2S/c1-2-23-20(24-13-15-5-3-8-19(11-15)29(22,27)28)25-17-9-10-26(14-17)18-7-4-6-16(21)12-18/h3-8,11-12,17H,2,9-10,13-14H2,1H3,(H2,22,27,28)(H2,23,24,25). The smallest absolute Gasteiger partial charge is 0.238 e. The highest BCUT2D eigenvalue weighted by Crippen LogP contribution is 2.23. The molecule has 4 N–H and O–H groups in total. The number of primary sulfonamides is 1. The highest BCUT2D eigenvalue weighted by molar-refractivity contribution is 7.89. The van der Waals surface area contributed by atoms with Crippen LogP contribution in [0.4, 0.5) is 5.69 Å². The van der Waals surface area contributed by atoms with E-state index in [1.54, 1.807) is 12.1 Å². The van der Waals surface area contributed by atoms with Crippen LogP contribution in [0, 0.1) is 0 Å². The van der Waals surface area contributed by atoms with Crippen molar-refractivity contribution in [1.82, 2.24) is 10.6 Å². The Morgan fingerprint density at radius 2 is 2.07 bits per heavy atom. The first kappa shape index (κ1) is 21.4. The fourth-order valence-electron chi connectivity index (χ4n) is 3.29. The first-order valence-electron chi connectivity index (χ1n) is 9.52. The Morgan fingerprint density at radius 1 is 1.28 bits per heavy atom. The molecule has 0 radical (unpaired) electrons. The maximum Gasteiger partial charge on any atom is 0.238 e. The molecule has 0 spiro atoms. The van der Waals surface area contributed by atoms with Gasteiger partial charge in [0.25, 0.3) is 0 Å². The Labute approximate surface area is 177 Å². The molecule has 0 bridgehead atoms. The van der Waals surface area contributed by atoms with E-state index in [0.717, 1.165) is 42.3 Å². The van der Waals surface area contributed by atoms with Crippen LogP contribution in [0.3, 0.4) is 0 Å². The van der Waals surface area contributed by atoms with Crippen LogP contribution in [0.5, 0.6) is 0 Å². The molecule has 2 aromatic carbocycles. The molecule has 0 aliphatic carbocycles. The molecule has 0 amide bonds. The lowest BCUT2D eigenvalue weighted by Gasteiger charge is -2.20. The van der Waals surface area contributed by atoms with E-state index in [9.17, 15) is 8.42 Å². The number of sulfonamides is 1. The third-order valence-corrected chi connectivity index (χ3v) is 5.84. The topological polar surface area (TPSA) is 99.8 Å². The van der Waals surface area contributed by atoms with Crippen LogP contribution >= 0.6 is 11.6 Å². The summed E-state index contributed by atoms with van der Waals surface area (Å²) in [4.78, 5) is 6.99. The summed E-state index contributed by atoms with van der Waals surface area (Å²) in [5.41, 5.74) is 1.89. The number of nitrogens with two attached hydrogens (primary N) is 1. The summed E-state index contributed by atoms with van der Waals surface area (Å²) in [7, 11) is -3.72. The number of hydrogen-bond donors (Lipinski definition) is 3. The van der Waals surface area contributed by atoms with Crippen molar-refractivity contribution < 1.29 is 8.42 Å². The number of nitrogens with one attached hydrogen (secondary N) is 2. The second-order valence-electron chi connectivity index (χ2n) is 6.94. The number of halogens is 1. The zero-order valence-corrected chi connectivity index (χ0v) is 17.9. The predicted octanol–water partition coefficient (Wildman–Crippen LogP) is 2.32. The van der Waals surface area contributed by atoms with E-state index in [0.29, 0.717) is 12.5 Å². The number of aliphatic imine (C=N–C) groups is 1. The minimum absolute atomic E-state index is 0.0936. The minimum Gasteiger partial charge on any atom is -0.369 e. The van der Waals surface area contributed by atoms with Gasteiger partial charge < -0.3 is 15.5 Å². The van der Waals surface area contributed by atoms with E-state index >= 15 is 0 Å². The average molecular weight is 436 g/mol. The van der Waals surface area contributed by atoms with Gasteiger partial charge in [-0.15, -0.1) is 0 Å². The SMILES string of the molecule is CCNC(=NCc1cccc(S(N)(=O)=O)c1)NC1CCN(c2cccc(Cl)c2)C1. The number of anilines is 1. The van der Waals surface area contributed by atoms with Crippen LogP contribution in [0.1, 0.15) is 18.9 Å². The van der Waals surface area contributed by atoms with Crippen molar-refractivity contribution in [2.24, 2.45) is 10.1 Å². The number of guanidine groups is 1. The lowest BCUT2D eigenvalue weighted by atomic mass is 10.2. The summed E-state index contributed by atoms with van der Waals surface area (Å²) in [5, 5.41) is 12.7. The molecule has 1 aliphatic heterocycles. The van der Waals surface area contributed by atoms with Gasteiger partial charge in [0.15, 0.2) is 5.96 Å². The van der Waals surface area contributed by atoms with Crippen molar-refractivity contribution >= 4 is 33.3 Å². The fraction of sp³-hybridized carbons (Fsp3) is 0.350. The Kier molecular flexibility index (Phi) is 7.00. The summed E-state index contributed by atoms with van der Waals surface area (Å²) >= 11 is 6.11. The quantitative estimate of drug-likeness (QED) is 0.477. The van der Waals surface area contributed by atoms with E-state index in [4.69, 9.17) is 16.7 Å². The molecule has 3 rings (SSSR count). The third kappa shape index (κ3) is 6.09. The normalized spacial score (nSPS) is 17.4. The van der Waals surface area contributed by atoms with Gasteiger partial charge in [-0.3, -0.25) is 0 Å². The zero-order chi connectivity index (χ0) is 20.9. The van der Waals surface area contributed by atoms with Crippen molar-refractivity contribution in [3.63, 3.8) is 0 Å². The molecule has 1 fully saturated rings. The minimum atomic E-state index is -3.72. The summed E-state index contributed by atoms with van der Waals surface area (Å²) in [6.45, 7) is 4.88. The van der Waals surface area contributed by atoms with Crippen molar-refractivity contribution in [2.45, 2.75) is 30.8 Å². The monoisotopic (exact) mass is 435 g/mol. The second-order valence-corrected chi connectivity index (χ2v) is 8.94. The number of nitrogens with zero attached hydrogens (tertiary/aromatic N) is 2. The molecule has 7 nitrogen and oxygen atoms in total. The van der Waals surface area contributed by atoms with Gasteiger partial charge in [0, 0.05) is 36.4 Å². The van der Waals surface area contributed by atoms with Gasteiger partial charge >= 0.3 is 0 Å². The van der Waals surface area contributed by atoms with Crippen LogP contribution in [0.15, 0.2) is 58.4 Å². The second kappa shape index (κ2) is 9.47. The molecular formula is C20H26ClN5O2S. The Morgan fingerprint density at radius 3 is 2.79 bits per heavy atom. The van der Waals surface area contributed by atoms with Gasteiger partial charge in [-0.1, -0.05) is 29.8 Å². The predicted molar refractivity (Wildman–Crippen MR) is 118 cm³/mol. The van der Waals surface area contributed by atoms with Crippen molar-refractivity contribution in [1.29, 1.82) is 0 Å².